The number of pyridine rings is 1. The third kappa shape index (κ3) is 5.51. The molecule has 7 nitrogen and oxygen atoms in total. The van der Waals surface area contributed by atoms with E-state index >= 15 is 0 Å². The number of carboxylic acid groups (broad SMARTS) is 2. The van der Waals surface area contributed by atoms with Crippen molar-refractivity contribution in [2.24, 2.45) is 0 Å². The second-order valence-electron chi connectivity index (χ2n) is 6.77. The van der Waals surface area contributed by atoms with E-state index in [1.54, 1.807) is 0 Å². The fourth-order valence-corrected chi connectivity index (χ4v) is 3.08. The van der Waals surface area contributed by atoms with E-state index in [1.807, 2.05) is 54.6 Å². The molecule has 0 aliphatic heterocycles. The van der Waals surface area contributed by atoms with Gasteiger partial charge in [0.15, 0.2) is 0 Å². The first-order valence-electron chi connectivity index (χ1n) is 9.29. The summed E-state index contributed by atoms with van der Waals surface area (Å²) >= 11 is 0. The smallest absolute Gasteiger partial charge is 0.335 e. The minimum Gasteiger partial charge on any atom is -0.481 e. The van der Waals surface area contributed by atoms with Gasteiger partial charge in [0, 0.05) is 12.2 Å². The summed E-state index contributed by atoms with van der Waals surface area (Å²) in [4.78, 5) is 38.7. The summed E-state index contributed by atoms with van der Waals surface area (Å²) in [7, 11) is 0. The van der Waals surface area contributed by atoms with Gasteiger partial charge in [0.2, 0.25) is 0 Å². The van der Waals surface area contributed by atoms with Crippen LogP contribution in [0.5, 0.6) is 0 Å². The number of carbonyl (C=O) groups is 3. The highest BCUT2D eigenvalue weighted by atomic mass is 16.4. The van der Waals surface area contributed by atoms with Crippen molar-refractivity contribution in [3.63, 3.8) is 0 Å². The molecule has 152 valence electrons. The van der Waals surface area contributed by atoms with E-state index in [1.165, 1.54) is 12.3 Å². The number of aromatic nitrogens is 1. The number of rotatable bonds is 8. The number of aliphatic carboxylic acids is 1. The van der Waals surface area contributed by atoms with Crippen LogP contribution in [0.15, 0.2) is 72.9 Å². The van der Waals surface area contributed by atoms with Gasteiger partial charge in [-0.2, -0.15) is 0 Å². The summed E-state index contributed by atoms with van der Waals surface area (Å²) in [6.07, 6.45) is 1.27. The Kier molecular flexibility index (Phi) is 6.54. The van der Waals surface area contributed by atoms with Crippen LogP contribution in [0.1, 0.15) is 32.8 Å². The molecule has 0 aliphatic rings. The van der Waals surface area contributed by atoms with Gasteiger partial charge < -0.3 is 15.5 Å². The summed E-state index contributed by atoms with van der Waals surface area (Å²) in [5, 5.41) is 20.9. The molecule has 0 bridgehead atoms. The van der Waals surface area contributed by atoms with Crippen LogP contribution in [0.4, 0.5) is 0 Å². The molecule has 1 amide bonds. The number of aromatic carboxylic acids is 1. The lowest BCUT2D eigenvalue weighted by molar-refractivity contribution is -0.137. The summed E-state index contributed by atoms with van der Waals surface area (Å²) in [5.74, 6) is -2.84. The monoisotopic (exact) mass is 404 g/mol. The number of nitrogens with one attached hydrogen (secondary N) is 1. The Balaban J connectivity index is 1.73. The highest BCUT2D eigenvalue weighted by molar-refractivity contribution is 5.96. The van der Waals surface area contributed by atoms with E-state index in [0.717, 1.165) is 22.8 Å². The maximum absolute atomic E-state index is 12.5. The normalized spacial score (nSPS) is 11.5. The van der Waals surface area contributed by atoms with E-state index in [4.69, 9.17) is 5.11 Å². The predicted octanol–water partition coefficient (Wildman–Crippen LogP) is 3.26. The third-order valence-electron chi connectivity index (χ3n) is 4.54. The number of benzene rings is 2. The van der Waals surface area contributed by atoms with Crippen LogP contribution >= 0.6 is 0 Å². The van der Waals surface area contributed by atoms with Crippen LogP contribution in [0, 0.1) is 0 Å². The molecule has 30 heavy (non-hydrogen) atoms. The van der Waals surface area contributed by atoms with Gasteiger partial charge in [-0.15, -0.1) is 0 Å². The molecule has 0 spiro atoms. The third-order valence-corrected chi connectivity index (χ3v) is 4.54. The first-order chi connectivity index (χ1) is 14.4. The van der Waals surface area contributed by atoms with Gasteiger partial charge in [-0.1, -0.05) is 54.6 Å². The molecule has 0 saturated heterocycles. The Hall–Kier alpha value is -4.00. The molecular formula is C23H20N2O5. The van der Waals surface area contributed by atoms with Crippen molar-refractivity contribution in [2.75, 3.05) is 0 Å². The fraction of sp³-hybridized carbons (Fsp3) is 0.130. The molecule has 0 fully saturated rings. The highest BCUT2D eigenvalue weighted by Gasteiger charge is 2.19. The number of hydrogen-bond acceptors (Lipinski definition) is 4. The predicted molar refractivity (Wildman–Crippen MR) is 110 cm³/mol. The Morgan fingerprint density at radius 2 is 1.57 bits per heavy atom. The molecule has 0 saturated carbocycles. The Morgan fingerprint density at radius 1 is 0.900 bits per heavy atom. The number of amides is 1. The Labute approximate surface area is 173 Å². The van der Waals surface area contributed by atoms with Crippen LogP contribution in [-0.4, -0.2) is 39.1 Å². The quantitative estimate of drug-likeness (QED) is 0.531. The first kappa shape index (κ1) is 20.7. The number of carbonyl (C=O) groups excluding carboxylic acids is 1. The first-order valence-corrected chi connectivity index (χ1v) is 9.29. The minimum absolute atomic E-state index is 0.0681. The second-order valence-corrected chi connectivity index (χ2v) is 6.77. The van der Waals surface area contributed by atoms with Gasteiger partial charge in [0.1, 0.15) is 5.69 Å². The molecule has 3 aromatic rings. The fourth-order valence-electron chi connectivity index (χ4n) is 3.08. The van der Waals surface area contributed by atoms with E-state index in [-0.39, 0.29) is 17.7 Å². The molecular weight excluding hydrogens is 384 g/mol. The average molecular weight is 404 g/mol. The summed E-state index contributed by atoms with van der Waals surface area (Å²) in [6.45, 7) is 0. The van der Waals surface area contributed by atoms with Crippen molar-refractivity contribution in [3.05, 3.63) is 89.7 Å². The number of hydrogen-bond donors (Lipinski definition) is 3. The maximum Gasteiger partial charge on any atom is 0.335 e. The molecule has 1 heterocycles. The molecule has 0 unspecified atom stereocenters. The highest BCUT2D eigenvalue weighted by Crippen LogP contribution is 2.20. The largest absolute Gasteiger partial charge is 0.481 e. The van der Waals surface area contributed by atoms with Crippen LogP contribution in [-0.2, 0) is 11.2 Å². The molecule has 3 rings (SSSR count). The van der Waals surface area contributed by atoms with Crippen LogP contribution in [0.3, 0.4) is 0 Å². The van der Waals surface area contributed by atoms with E-state index in [2.05, 4.69) is 10.3 Å². The van der Waals surface area contributed by atoms with Gasteiger partial charge >= 0.3 is 11.9 Å². The van der Waals surface area contributed by atoms with Crippen molar-refractivity contribution in [1.82, 2.24) is 10.3 Å². The molecule has 0 radical (unpaired) electrons. The van der Waals surface area contributed by atoms with Crippen molar-refractivity contribution in [3.8, 4) is 11.1 Å². The lowest BCUT2D eigenvalue weighted by Gasteiger charge is -2.17. The summed E-state index contributed by atoms with van der Waals surface area (Å²) < 4.78 is 0. The Morgan fingerprint density at radius 3 is 2.20 bits per heavy atom. The second kappa shape index (κ2) is 9.47. The molecule has 1 aromatic heterocycles. The lowest BCUT2D eigenvalue weighted by atomic mass is 9.99. The van der Waals surface area contributed by atoms with Crippen molar-refractivity contribution in [2.45, 2.75) is 18.9 Å². The van der Waals surface area contributed by atoms with Gasteiger partial charge in [-0.3, -0.25) is 14.6 Å². The van der Waals surface area contributed by atoms with Gasteiger partial charge in [0.05, 0.1) is 12.0 Å². The Bertz CT molecular complexity index is 1050. The van der Waals surface area contributed by atoms with Crippen LogP contribution in [0.25, 0.3) is 11.1 Å². The van der Waals surface area contributed by atoms with Crippen LogP contribution < -0.4 is 5.32 Å². The molecule has 2 aromatic carbocycles. The van der Waals surface area contributed by atoms with Crippen molar-refractivity contribution >= 4 is 17.8 Å². The molecule has 7 heteroatoms. The lowest BCUT2D eigenvalue weighted by Crippen LogP contribution is -2.38. The van der Waals surface area contributed by atoms with Crippen molar-refractivity contribution in [1.29, 1.82) is 0 Å². The zero-order valence-electron chi connectivity index (χ0n) is 16.0. The zero-order chi connectivity index (χ0) is 21.5. The van der Waals surface area contributed by atoms with E-state index in [0.29, 0.717) is 6.42 Å². The van der Waals surface area contributed by atoms with Gasteiger partial charge in [-0.25, -0.2) is 4.79 Å². The van der Waals surface area contributed by atoms with Gasteiger partial charge in [0.25, 0.3) is 5.91 Å². The summed E-state index contributed by atoms with van der Waals surface area (Å²) in [5.41, 5.74) is 2.83. The maximum atomic E-state index is 12.5. The minimum atomic E-state index is -1.17. The molecule has 0 aliphatic carbocycles. The number of carboxylic acids is 2. The SMILES string of the molecule is O=C(O)C[C@@H](Cc1ccc(-c2ccccc2)cc1)NC(=O)c1cc(C(=O)O)ccn1. The average Bonchev–Trinajstić information content (AvgIpc) is 2.74. The number of nitrogens with zero attached hydrogens (tertiary/aromatic N) is 1. The molecule has 3 N–H and O–H groups in total. The van der Waals surface area contributed by atoms with E-state index in [9.17, 15) is 19.5 Å². The van der Waals surface area contributed by atoms with Crippen molar-refractivity contribution < 1.29 is 24.6 Å². The summed E-state index contributed by atoms with van der Waals surface area (Å²) in [6, 6.07) is 19.3. The van der Waals surface area contributed by atoms with E-state index < -0.39 is 23.9 Å². The topological polar surface area (TPSA) is 117 Å². The zero-order valence-corrected chi connectivity index (χ0v) is 16.0. The standard InChI is InChI=1S/C23H20N2O5/c26-21(27)14-19(25-22(28)20-13-18(23(29)30)10-11-24-20)12-15-6-8-17(9-7-15)16-4-2-1-3-5-16/h1-11,13,19H,12,14H2,(H,25,28)(H,26,27)(H,29,30)/t19-/m1/s1. The van der Waals surface area contributed by atoms with Gasteiger partial charge in [-0.05, 0) is 35.2 Å². The molecule has 1 atom stereocenters. The van der Waals surface area contributed by atoms with Crippen LogP contribution in [0.2, 0.25) is 0 Å².